The fourth-order valence-electron chi connectivity index (χ4n) is 3.13. The summed E-state index contributed by atoms with van der Waals surface area (Å²) in [5, 5.41) is 0. The van der Waals surface area contributed by atoms with E-state index in [1.54, 1.807) is 30.5 Å². The lowest BCUT2D eigenvalue weighted by molar-refractivity contribution is 0.106. The first-order valence-electron chi connectivity index (χ1n) is 8.79. The van der Waals surface area contributed by atoms with Gasteiger partial charge >= 0.3 is 0 Å². The third-order valence-corrected chi connectivity index (χ3v) is 6.67. The van der Waals surface area contributed by atoms with Crippen LogP contribution in [0.5, 0.6) is 0 Å². The molecule has 4 rings (SSSR count). The maximum atomic E-state index is 12.7. The number of rotatable bonds is 3. The van der Waals surface area contributed by atoms with Gasteiger partial charge in [-0.25, -0.2) is 4.98 Å². The van der Waals surface area contributed by atoms with Gasteiger partial charge in [-0.3, -0.25) is 14.0 Å². The first-order valence-corrected chi connectivity index (χ1v) is 10.4. The second kappa shape index (κ2) is 7.00. The van der Waals surface area contributed by atoms with Gasteiger partial charge in [-0.15, -0.1) is 22.7 Å². The molecule has 0 atom stereocenters. The molecule has 0 aliphatic rings. The average Bonchev–Trinajstić information content (AvgIpc) is 3.23. The molecule has 0 aliphatic heterocycles. The van der Waals surface area contributed by atoms with E-state index in [1.807, 2.05) is 55.6 Å². The van der Waals surface area contributed by atoms with Crippen molar-refractivity contribution in [3.8, 4) is 0 Å². The number of benzene rings is 1. The molecular weight excluding hydrogens is 390 g/mol. The summed E-state index contributed by atoms with van der Waals surface area (Å²) in [5.74, 6) is -0.0992. The summed E-state index contributed by atoms with van der Waals surface area (Å²) < 4.78 is 4.75. The van der Waals surface area contributed by atoms with Crippen LogP contribution in [0.2, 0.25) is 0 Å². The molecule has 28 heavy (non-hydrogen) atoms. The molecule has 0 amide bonds. The van der Waals surface area contributed by atoms with Gasteiger partial charge in [0.05, 0.1) is 15.9 Å². The Morgan fingerprint density at radius 1 is 1.14 bits per heavy atom. The zero-order valence-electron chi connectivity index (χ0n) is 16.0. The Hall–Kier alpha value is -2.77. The molecule has 0 aliphatic carbocycles. The molecule has 3 heterocycles. The minimum atomic E-state index is -0.116. The van der Waals surface area contributed by atoms with Crippen LogP contribution in [0.15, 0.2) is 35.3 Å². The van der Waals surface area contributed by atoms with Gasteiger partial charge in [0.1, 0.15) is 4.66 Å². The van der Waals surface area contributed by atoms with Gasteiger partial charge in [-0.05, 0) is 32.4 Å². The number of aromatic nitrogens is 3. The fraction of sp³-hybridized carbons (Fsp3) is 0.190. The van der Waals surface area contributed by atoms with Crippen molar-refractivity contribution in [3.63, 3.8) is 0 Å². The number of imidazole rings is 1. The number of fused-ring (bicyclic) bond motifs is 1. The molecule has 0 unspecified atom stereocenters. The number of nitrogens with zero attached hydrogens (tertiary/aromatic N) is 3. The Morgan fingerprint density at radius 3 is 2.64 bits per heavy atom. The molecule has 7 heteroatoms. The highest BCUT2D eigenvalue weighted by molar-refractivity contribution is 7.17. The van der Waals surface area contributed by atoms with Crippen LogP contribution in [-0.2, 0) is 7.05 Å². The van der Waals surface area contributed by atoms with E-state index >= 15 is 0 Å². The fourth-order valence-corrected chi connectivity index (χ4v) is 5.01. The lowest BCUT2D eigenvalue weighted by Gasteiger charge is -1.99. The molecule has 5 nitrogen and oxygen atoms in total. The van der Waals surface area contributed by atoms with Crippen molar-refractivity contribution in [2.75, 3.05) is 0 Å². The van der Waals surface area contributed by atoms with Crippen LogP contribution in [-0.4, -0.2) is 19.7 Å². The maximum absolute atomic E-state index is 12.7. The van der Waals surface area contributed by atoms with E-state index in [0.717, 1.165) is 26.8 Å². The molecule has 0 N–H and O–H groups in total. The maximum Gasteiger partial charge on any atom is 0.268 e. The molecule has 3 aromatic heterocycles. The van der Waals surface area contributed by atoms with Crippen LogP contribution in [0, 0.1) is 20.8 Å². The normalized spacial score (nSPS) is 13.0. The minimum absolute atomic E-state index is 0.0992. The quantitative estimate of drug-likeness (QED) is 0.489. The average molecular weight is 410 g/mol. The van der Waals surface area contributed by atoms with Crippen LogP contribution in [0.4, 0.5) is 0 Å². The zero-order chi connectivity index (χ0) is 20.0. The van der Waals surface area contributed by atoms with Crippen molar-refractivity contribution in [2.45, 2.75) is 20.8 Å². The Kier molecular flexibility index (Phi) is 4.64. The monoisotopic (exact) mass is 409 g/mol. The molecule has 0 saturated heterocycles. The van der Waals surface area contributed by atoms with E-state index in [-0.39, 0.29) is 11.3 Å². The van der Waals surface area contributed by atoms with Crippen LogP contribution in [0.3, 0.4) is 0 Å². The Balaban J connectivity index is 1.86. The Labute approximate surface area is 169 Å². The summed E-state index contributed by atoms with van der Waals surface area (Å²) >= 11 is 2.94. The summed E-state index contributed by atoms with van der Waals surface area (Å²) in [7, 11) is 1.70. The third kappa shape index (κ3) is 3.16. The summed E-state index contributed by atoms with van der Waals surface area (Å²) in [6.07, 6.45) is 5.43. The molecule has 0 saturated carbocycles. The smallest absolute Gasteiger partial charge is 0.268 e. The molecule has 4 aromatic rings. The third-order valence-electron chi connectivity index (χ3n) is 4.66. The van der Waals surface area contributed by atoms with Gasteiger partial charge in [-0.1, -0.05) is 24.3 Å². The Morgan fingerprint density at radius 2 is 1.89 bits per heavy atom. The molecule has 0 spiro atoms. The largest absolute Gasteiger partial charge is 0.302 e. The SMILES string of the molecule is Cc1cn2c(C=c3sc(=CC(=O)c4ccccc4C)n(C)c3=O)c(C)nc2s1. The molecule has 1 aromatic carbocycles. The van der Waals surface area contributed by atoms with Crippen molar-refractivity contribution in [2.24, 2.45) is 7.05 Å². The van der Waals surface area contributed by atoms with Crippen LogP contribution < -0.4 is 14.8 Å². The van der Waals surface area contributed by atoms with Gasteiger partial charge < -0.3 is 4.57 Å². The minimum Gasteiger partial charge on any atom is -0.302 e. The number of ketones is 1. The number of hydrogen-bond donors (Lipinski definition) is 0. The number of Topliss-reactive ketones (excluding diaryl/α,β-unsaturated/α-hetero) is 1. The predicted molar refractivity (Wildman–Crippen MR) is 115 cm³/mol. The van der Waals surface area contributed by atoms with Gasteiger partial charge in [-0.2, -0.15) is 0 Å². The van der Waals surface area contributed by atoms with Gasteiger partial charge in [0.25, 0.3) is 5.56 Å². The van der Waals surface area contributed by atoms with Crippen LogP contribution in [0.25, 0.3) is 17.1 Å². The molecule has 142 valence electrons. The van der Waals surface area contributed by atoms with Crippen LogP contribution >= 0.6 is 22.7 Å². The summed E-state index contributed by atoms with van der Waals surface area (Å²) in [5.41, 5.74) is 3.23. The van der Waals surface area contributed by atoms with Crippen molar-refractivity contribution >= 4 is 45.6 Å². The first-order chi connectivity index (χ1) is 13.3. The highest BCUT2D eigenvalue weighted by Gasteiger charge is 2.11. The summed E-state index contributed by atoms with van der Waals surface area (Å²) in [6.45, 7) is 5.88. The summed E-state index contributed by atoms with van der Waals surface area (Å²) in [4.78, 5) is 32.1. The van der Waals surface area contributed by atoms with E-state index in [2.05, 4.69) is 4.98 Å². The predicted octanol–water partition coefficient (Wildman–Crippen LogP) is 2.57. The number of aryl methyl sites for hydroxylation is 3. The topological polar surface area (TPSA) is 56.4 Å². The van der Waals surface area contributed by atoms with E-state index in [4.69, 9.17) is 0 Å². The van der Waals surface area contributed by atoms with Crippen molar-refractivity contribution in [3.05, 3.63) is 77.4 Å². The van der Waals surface area contributed by atoms with E-state index in [0.29, 0.717) is 14.8 Å². The second-order valence-electron chi connectivity index (χ2n) is 6.71. The van der Waals surface area contributed by atoms with Crippen molar-refractivity contribution in [1.29, 1.82) is 0 Å². The lowest BCUT2D eigenvalue weighted by Crippen LogP contribution is -2.29. The second-order valence-corrected chi connectivity index (χ2v) is 8.99. The van der Waals surface area contributed by atoms with Gasteiger partial charge in [0, 0.05) is 29.8 Å². The molecule has 0 bridgehead atoms. The summed E-state index contributed by atoms with van der Waals surface area (Å²) in [6, 6.07) is 7.46. The van der Waals surface area contributed by atoms with Crippen LogP contribution in [0.1, 0.15) is 32.2 Å². The highest BCUT2D eigenvalue weighted by atomic mass is 32.1. The molecule has 0 radical (unpaired) electrons. The number of hydrogen-bond acceptors (Lipinski definition) is 5. The first kappa shape index (κ1) is 18.6. The number of carbonyl (C=O) groups is 1. The molecular formula is C21H19N3O2S2. The number of thiazole rings is 2. The Bertz CT molecular complexity index is 1400. The standard InChI is InChI=1S/C21H19N3O2S2/c1-12-7-5-6-8-15(12)17(25)10-19-23(4)20(26)18(28-19)9-16-14(3)22-21-24(16)11-13(2)27-21/h5-11H,1-4H3. The van der Waals surface area contributed by atoms with E-state index < -0.39 is 0 Å². The number of carbonyl (C=O) groups excluding carboxylic acids is 1. The lowest BCUT2D eigenvalue weighted by atomic mass is 10.1. The highest BCUT2D eigenvalue weighted by Crippen LogP contribution is 2.20. The van der Waals surface area contributed by atoms with E-state index in [1.165, 1.54) is 15.9 Å². The van der Waals surface area contributed by atoms with Gasteiger partial charge in [0.15, 0.2) is 10.7 Å². The zero-order valence-corrected chi connectivity index (χ0v) is 17.6. The van der Waals surface area contributed by atoms with Gasteiger partial charge in [0.2, 0.25) is 0 Å². The molecule has 0 fully saturated rings. The van der Waals surface area contributed by atoms with Crippen molar-refractivity contribution < 1.29 is 4.79 Å². The van der Waals surface area contributed by atoms with Crippen molar-refractivity contribution in [1.82, 2.24) is 14.0 Å². The van der Waals surface area contributed by atoms with E-state index in [9.17, 15) is 9.59 Å².